The lowest BCUT2D eigenvalue weighted by Crippen LogP contribution is -2.50. The third kappa shape index (κ3) is 1.80. The Hall–Kier alpha value is -1.76. The minimum absolute atomic E-state index is 0.235. The van der Waals surface area contributed by atoms with Crippen molar-refractivity contribution in [2.75, 3.05) is 25.0 Å². The molecule has 1 aliphatic heterocycles. The molecule has 0 atom stereocenters. The molecule has 0 spiro atoms. The molecule has 1 aliphatic rings. The molecule has 1 saturated heterocycles. The van der Waals surface area contributed by atoms with E-state index in [1.165, 1.54) is 0 Å². The number of rotatable bonds is 2. The second kappa shape index (κ2) is 4.16. The summed E-state index contributed by atoms with van der Waals surface area (Å²) in [7, 11) is 2.03. The Morgan fingerprint density at radius 3 is 2.78 bits per heavy atom. The van der Waals surface area contributed by atoms with Crippen molar-refractivity contribution in [3.63, 3.8) is 0 Å². The number of hydrogen-bond donors (Lipinski definition) is 1. The predicted octanol–water partition coefficient (Wildman–Crippen LogP) is 0.0976. The number of piperidine rings is 1. The van der Waals surface area contributed by atoms with E-state index in [2.05, 4.69) is 37.6 Å². The van der Waals surface area contributed by atoms with Crippen molar-refractivity contribution in [1.82, 2.24) is 30.3 Å². The summed E-state index contributed by atoms with van der Waals surface area (Å²) < 4.78 is 1.75. The maximum atomic E-state index is 4.20. The number of anilines is 1. The van der Waals surface area contributed by atoms with Crippen LogP contribution < -0.4 is 10.2 Å². The van der Waals surface area contributed by atoms with Gasteiger partial charge in [-0.1, -0.05) is 0 Å². The van der Waals surface area contributed by atoms with E-state index >= 15 is 0 Å². The first kappa shape index (κ1) is 11.3. The van der Waals surface area contributed by atoms with Gasteiger partial charge in [0.25, 0.3) is 0 Å². The molecule has 0 aromatic carbocycles. The highest BCUT2D eigenvalue weighted by Crippen LogP contribution is 2.25. The van der Waals surface area contributed by atoms with Crippen molar-refractivity contribution < 1.29 is 0 Å². The number of aromatic nitrogens is 5. The lowest BCUT2D eigenvalue weighted by Gasteiger charge is -2.39. The summed E-state index contributed by atoms with van der Waals surface area (Å²) in [5, 5.41) is 15.0. The Bertz CT molecular complexity index is 541. The van der Waals surface area contributed by atoms with Gasteiger partial charge in [0, 0.05) is 18.6 Å². The molecule has 3 rings (SSSR count). The van der Waals surface area contributed by atoms with Crippen LogP contribution in [0.3, 0.4) is 0 Å². The molecule has 18 heavy (non-hydrogen) atoms. The molecule has 96 valence electrons. The molecule has 7 nitrogen and oxygen atoms in total. The molecule has 0 aliphatic carbocycles. The smallest absolute Gasteiger partial charge is 0.199 e. The first-order chi connectivity index (χ1) is 8.72. The van der Waals surface area contributed by atoms with Crippen LogP contribution in [0.25, 0.3) is 5.65 Å². The summed E-state index contributed by atoms with van der Waals surface area (Å²) in [6, 6.07) is 0. The number of nitrogens with zero attached hydrogens (tertiary/aromatic N) is 6. The standard InChI is InChI=1S/C11H17N7/c1-11(12-2)3-5-17(6-4-11)10-8-13-7-9-14-15-16-18(9)10/h7-8,12H,3-6H2,1-2H3. The highest BCUT2D eigenvalue weighted by molar-refractivity contribution is 5.46. The summed E-state index contributed by atoms with van der Waals surface area (Å²) in [6.07, 6.45) is 5.70. The molecule has 0 radical (unpaired) electrons. The molecule has 1 N–H and O–H groups in total. The van der Waals surface area contributed by atoms with Gasteiger partial charge in [-0.25, -0.2) is 0 Å². The molecule has 0 unspecified atom stereocenters. The second-order valence-electron chi connectivity index (χ2n) is 5.01. The van der Waals surface area contributed by atoms with Crippen LogP contribution in [0, 0.1) is 0 Å². The van der Waals surface area contributed by atoms with E-state index < -0.39 is 0 Å². The average molecular weight is 247 g/mol. The number of hydrogen-bond acceptors (Lipinski definition) is 6. The Morgan fingerprint density at radius 1 is 1.28 bits per heavy atom. The Labute approximate surface area is 105 Å². The molecule has 7 heteroatoms. The number of fused-ring (bicyclic) bond motifs is 1. The Balaban J connectivity index is 1.86. The van der Waals surface area contributed by atoms with E-state index in [1.807, 2.05) is 13.2 Å². The van der Waals surface area contributed by atoms with E-state index in [9.17, 15) is 0 Å². The van der Waals surface area contributed by atoms with Crippen molar-refractivity contribution in [2.24, 2.45) is 0 Å². The van der Waals surface area contributed by atoms with Gasteiger partial charge in [0.15, 0.2) is 11.5 Å². The minimum atomic E-state index is 0.235. The second-order valence-corrected chi connectivity index (χ2v) is 5.01. The normalized spacial score (nSPS) is 19.3. The van der Waals surface area contributed by atoms with Crippen molar-refractivity contribution >= 4 is 11.5 Å². The van der Waals surface area contributed by atoms with Crippen LogP contribution in [0.15, 0.2) is 12.4 Å². The first-order valence-corrected chi connectivity index (χ1v) is 6.18. The van der Waals surface area contributed by atoms with E-state index in [0.717, 1.165) is 31.7 Å². The van der Waals surface area contributed by atoms with Crippen molar-refractivity contribution in [1.29, 1.82) is 0 Å². The maximum absolute atomic E-state index is 4.20. The van der Waals surface area contributed by atoms with Gasteiger partial charge < -0.3 is 10.2 Å². The molecule has 1 fully saturated rings. The van der Waals surface area contributed by atoms with Gasteiger partial charge in [-0.05, 0) is 37.2 Å². The van der Waals surface area contributed by atoms with Crippen LogP contribution in [0.4, 0.5) is 5.82 Å². The summed E-state index contributed by atoms with van der Waals surface area (Å²) in [5.41, 5.74) is 0.924. The predicted molar refractivity (Wildman–Crippen MR) is 67.5 cm³/mol. The molecule has 0 bridgehead atoms. The van der Waals surface area contributed by atoms with Crippen LogP contribution in [0.2, 0.25) is 0 Å². The van der Waals surface area contributed by atoms with Crippen molar-refractivity contribution in [2.45, 2.75) is 25.3 Å². The average Bonchev–Trinajstić information content (AvgIpc) is 2.88. The lowest BCUT2D eigenvalue weighted by molar-refractivity contribution is 0.304. The summed E-state index contributed by atoms with van der Waals surface area (Å²) >= 11 is 0. The zero-order valence-corrected chi connectivity index (χ0v) is 10.7. The lowest BCUT2D eigenvalue weighted by atomic mass is 9.90. The van der Waals surface area contributed by atoms with Crippen molar-refractivity contribution in [3.05, 3.63) is 12.4 Å². The summed E-state index contributed by atoms with van der Waals surface area (Å²) in [5.74, 6) is 0.968. The topological polar surface area (TPSA) is 71.2 Å². The van der Waals surface area contributed by atoms with Crippen LogP contribution in [-0.4, -0.2) is 50.7 Å². The monoisotopic (exact) mass is 247 g/mol. The number of nitrogens with one attached hydrogen (secondary N) is 1. The molecular weight excluding hydrogens is 230 g/mol. The van der Waals surface area contributed by atoms with Crippen LogP contribution in [-0.2, 0) is 0 Å². The van der Waals surface area contributed by atoms with Gasteiger partial charge in [-0.2, -0.15) is 4.52 Å². The van der Waals surface area contributed by atoms with Gasteiger partial charge in [-0.15, -0.1) is 5.10 Å². The first-order valence-electron chi connectivity index (χ1n) is 6.18. The molecule has 2 aromatic heterocycles. The SMILES string of the molecule is CNC1(C)CCN(c2cncc3nnnn23)CC1. The fourth-order valence-electron chi connectivity index (χ4n) is 2.36. The fourth-order valence-corrected chi connectivity index (χ4v) is 2.36. The largest absolute Gasteiger partial charge is 0.355 e. The maximum Gasteiger partial charge on any atom is 0.199 e. The Morgan fingerprint density at radius 2 is 2.06 bits per heavy atom. The van der Waals surface area contributed by atoms with E-state index in [1.54, 1.807) is 10.7 Å². The van der Waals surface area contributed by atoms with E-state index in [4.69, 9.17) is 0 Å². The van der Waals surface area contributed by atoms with E-state index in [0.29, 0.717) is 5.65 Å². The molecule has 3 heterocycles. The van der Waals surface area contributed by atoms with Crippen LogP contribution in [0.5, 0.6) is 0 Å². The summed E-state index contributed by atoms with van der Waals surface area (Å²) in [4.78, 5) is 6.48. The molecule has 0 amide bonds. The van der Waals surface area contributed by atoms with E-state index in [-0.39, 0.29) is 5.54 Å². The number of tetrazole rings is 1. The van der Waals surface area contributed by atoms with Gasteiger partial charge in [-0.3, -0.25) is 4.98 Å². The minimum Gasteiger partial charge on any atom is -0.355 e. The zero-order valence-electron chi connectivity index (χ0n) is 10.7. The highest BCUT2D eigenvalue weighted by atomic mass is 15.5. The van der Waals surface area contributed by atoms with Crippen LogP contribution >= 0.6 is 0 Å². The van der Waals surface area contributed by atoms with Crippen molar-refractivity contribution in [3.8, 4) is 0 Å². The third-order valence-corrected chi connectivity index (χ3v) is 3.89. The van der Waals surface area contributed by atoms with Crippen LogP contribution in [0.1, 0.15) is 19.8 Å². The van der Waals surface area contributed by atoms with Gasteiger partial charge in [0.2, 0.25) is 0 Å². The third-order valence-electron chi connectivity index (χ3n) is 3.89. The fraction of sp³-hybridized carbons (Fsp3) is 0.636. The zero-order chi connectivity index (χ0) is 12.6. The van der Waals surface area contributed by atoms with Gasteiger partial charge >= 0.3 is 0 Å². The van der Waals surface area contributed by atoms with Gasteiger partial charge in [0.1, 0.15) is 0 Å². The highest BCUT2D eigenvalue weighted by Gasteiger charge is 2.29. The molecule has 2 aromatic rings. The molecule has 0 saturated carbocycles. The quantitative estimate of drug-likeness (QED) is 0.811. The summed E-state index contributed by atoms with van der Waals surface area (Å²) in [6.45, 7) is 4.23. The molecular formula is C11H17N7. The van der Waals surface area contributed by atoms with Gasteiger partial charge in [0.05, 0.1) is 12.4 Å². The Kier molecular flexibility index (Phi) is 2.62.